The van der Waals surface area contributed by atoms with Gasteiger partial charge in [0.2, 0.25) is 5.91 Å². The van der Waals surface area contributed by atoms with Crippen LogP contribution in [0.3, 0.4) is 0 Å². The second kappa shape index (κ2) is 15.6. The molecule has 0 saturated carbocycles. The van der Waals surface area contributed by atoms with E-state index >= 15 is 4.39 Å². The van der Waals surface area contributed by atoms with Crippen LogP contribution in [0.15, 0.2) is 60.9 Å². The van der Waals surface area contributed by atoms with Gasteiger partial charge in [-0.15, -0.1) is 0 Å². The summed E-state index contributed by atoms with van der Waals surface area (Å²) < 4.78 is 58.8. The number of cyclic esters (lactones) is 1. The summed E-state index contributed by atoms with van der Waals surface area (Å²) in [6.45, 7) is 1.13. The molecule has 3 heterocycles. The van der Waals surface area contributed by atoms with E-state index in [-0.39, 0.29) is 49.6 Å². The average molecular weight is 657 g/mol. The molecular weight excluding hydrogens is 621 g/mol. The number of ether oxygens (including phenoxy) is 3. The number of carbonyl (C=O) groups is 3. The summed E-state index contributed by atoms with van der Waals surface area (Å²) in [6.07, 6.45) is 1.16. The zero-order valence-corrected chi connectivity index (χ0v) is 25.2. The average Bonchev–Trinajstić information content (AvgIpc) is 3.49. The molecule has 2 aliphatic rings. The summed E-state index contributed by atoms with van der Waals surface area (Å²) in [4.78, 5) is 39.9. The molecule has 2 saturated heterocycles. The number of carbonyl (C=O) groups excluding carboxylic acids is 3. The lowest BCUT2D eigenvalue weighted by Gasteiger charge is -2.31. The van der Waals surface area contributed by atoms with Crippen LogP contribution in [0.25, 0.3) is 0 Å². The van der Waals surface area contributed by atoms with Crippen LogP contribution < -0.4 is 27.0 Å². The number of primary amides is 1. The van der Waals surface area contributed by atoms with E-state index in [1.54, 1.807) is 0 Å². The van der Waals surface area contributed by atoms with Gasteiger partial charge in [-0.05, 0) is 48.2 Å². The van der Waals surface area contributed by atoms with Crippen molar-refractivity contribution in [2.75, 3.05) is 38.2 Å². The number of hydrogen-bond acceptors (Lipinski definition) is 9. The third kappa shape index (κ3) is 9.10. The second-order valence-electron chi connectivity index (χ2n) is 11.2. The third-order valence-corrected chi connectivity index (χ3v) is 7.94. The minimum atomic E-state index is -1.14. The minimum absolute atomic E-state index is 0.0477. The number of pyridine rings is 1. The number of amides is 3. The first-order valence-corrected chi connectivity index (χ1v) is 15.1. The van der Waals surface area contributed by atoms with Crippen LogP contribution in [0.5, 0.6) is 0 Å². The zero-order chi connectivity index (χ0) is 33.3. The molecule has 15 heteroatoms. The van der Waals surface area contributed by atoms with Gasteiger partial charge in [0.15, 0.2) is 0 Å². The van der Waals surface area contributed by atoms with Crippen molar-refractivity contribution >= 4 is 23.8 Å². The number of morpholine rings is 1. The third-order valence-electron chi connectivity index (χ3n) is 7.94. The maximum Gasteiger partial charge on any atom is 0.407 e. The molecule has 0 bridgehead atoms. The fraction of sp³-hybridized carbons (Fsp3) is 0.375. The van der Waals surface area contributed by atoms with Crippen LogP contribution in [0.4, 0.5) is 28.4 Å². The van der Waals surface area contributed by atoms with Gasteiger partial charge in [0.05, 0.1) is 49.9 Å². The number of nitrogens with one attached hydrogen (secondary N) is 4. The number of anilines is 1. The van der Waals surface area contributed by atoms with Gasteiger partial charge in [0, 0.05) is 18.0 Å². The van der Waals surface area contributed by atoms with Crippen molar-refractivity contribution in [2.45, 2.75) is 43.1 Å². The molecule has 2 aromatic carbocycles. The van der Waals surface area contributed by atoms with Crippen LogP contribution in [0.1, 0.15) is 29.0 Å². The smallest absolute Gasteiger partial charge is 0.407 e. The van der Waals surface area contributed by atoms with E-state index in [0.717, 1.165) is 6.20 Å². The lowest BCUT2D eigenvalue weighted by atomic mass is 9.84. The molecule has 2 aliphatic heterocycles. The number of rotatable bonds is 13. The number of benzene rings is 2. The Morgan fingerprint density at radius 1 is 1.00 bits per heavy atom. The fourth-order valence-electron chi connectivity index (χ4n) is 5.48. The molecule has 12 nitrogen and oxygen atoms in total. The second-order valence-corrected chi connectivity index (χ2v) is 11.2. The fourth-order valence-corrected chi connectivity index (χ4v) is 5.48. The van der Waals surface area contributed by atoms with Gasteiger partial charge in [-0.1, -0.05) is 24.3 Å². The summed E-state index contributed by atoms with van der Waals surface area (Å²) in [5, 5.41) is 11.4. The quantitative estimate of drug-likeness (QED) is 0.186. The molecule has 250 valence electrons. The summed E-state index contributed by atoms with van der Waals surface area (Å²) in [7, 11) is 0. The molecule has 47 heavy (non-hydrogen) atoms. The van der Waals surface area contributed by atoms with Crippen LogP contribution in [0, 0.1) is 17.5 Å². The monoisotopic (exact) mass is 656 g/mol. The lowest BCUT2D eigenvalue weighted by Crippen LogP contribution is -2.49. The van der Waals surface area contributed by atoms with Gasteiger partial charge < -0.3 is 41.2 Å². The van der Waals surface area contributed by atoms with E-state index in [4.69, 9.17) is 19.9 Å². The maximum absolute atomic E-state index is 15.2. The van der Waals surface area contributed by atoms with Crippen molar-refractivity contribution < 1.29 is 41.8 Å². The predicted octanol–water partition coefficient (Wildman–Crippen LogP) is 2.72. The largest absolute Gasteiger partial charge is 0.448 e. The maximum atomic E-state index is 15.2. The molecule has 1 aromatic heterocycles. The Bertz CT molecular complexity index is 1490. The Morgan fingerprint density at radius 3 is 2.26 bits per heavy atom. The van der Waals surface area contributed by atoms with Crippen molar-refractivity contribution in [2.24, 2.45) is 5.73 Å². The summed E-state index contributed by atoms with van der Waals surface area (Å²) in [5.41, 5.74) is 7.44. The van der Waals surface area contributed by atoms with Crippen molar-refractivity contribution in [3.05, 3.63) is 95.1 Å². The number of nitrogens with zero attached hydrogens (tertiary/aromatic N) is 1. The van der Waals surface area contributed by atoms with E-state index in [1.807, 2.05) is 0 Å². The molecule has 0 radical (unpaired) electrons. The van der Waals surface area contributed by atoms with Gasteiger partial charge in [0.25, 0.3) is 0 Å². The number of aromatic nitrogens is 1. The molecule has 1 unspecified atom stereocenters. The van der Waals surface area contributed by atoms with Crippen molar-refractivity contribution in [3.8, 4) is 0 Å². The first-order valence-electron chi connectivity index (χ1n) is 15.1. The van der Waals surface area contributed by atoms with Crippen molar-refractivity contribution in [1.29, 1.82) is 0 Å². The SMILES string of the molecule is NC(=O)[C@@H](Nc1cncc(F)c1CC[C@@H]1CN[C@H](COC(=O)NCC2CNC(=O)O2)CO1)C(c1ccc(F)cc1)c1ccc(F)cc1. The normalized spacial score (nSPS) is 19.8. The van der Waals surface area contributed by atoms with Crippen LogP contribution in [-0.2, 0) is 25.4 Å². The molecule has 3 aromatic rings. The topological polar surface area (TPSA) is 166 Å². The van der Waals surface area contributed by atoms with Crippen LogP contribution in [-0.4, -0.2) is 80.2 Å². The standard InChI is InChI=1S/C32H35F3N6O6/c33-20-5-1-18(2-6-20)28(19-3-7-21(34)8-4-19)29(30(36)42)41-27-15-37-14-26(35)25(27)10-9-23-11-38-22(16-45-23)17-46-31(43)39-12-24-13-40-32(44)47-24/h1-8,14-15,22-24,28-29,38,41H,9-13,16-17H2,(H2,36,42)(H,39,43)(H,40,44)/t22-,23+,24?,29-/m0/s1. The summed E-state index contributed by atoms with van der Waals surface area (Å²) in [5.74, 6) is -3.08. The van der Waals surface area contributed by atoms with E-state index in [1.165, 1.54) is 54.7 Å². The van der Waals surface area contributed by atoms with Crippen molar-refractivity contribution in [1.82, 2.24) is 20.9 Å². The van der Waals surface area contributed by atoms with E-state index in [9.17, 15) is 23.2 Å². The Kier molecular flexibility index (Phi) is 11.1. The van der Waals surface area contributed by atoms with Gasteiger partial charge >= 0.3 is 12.2 Å². The highest BCUT2D eigenvalue weighted by Gasteiger charge is 2.31. The molecule has 0 aliphatic carbocycles. The Morgan fingerprint density at radius 2 is 1.68 bits per heavy atom. The van der Waals surface area contributed by atoms with Gasteiger partial charge in [-0.3, -0.25) is 9.78 Å². The molecule has 4 atom stereocenters. The van der Waals surface area contributed by atoms with E-state index in [2.05, 4.69) is 26.3 Å². The number of hydrogen-bond donors (Lipinski definition) is 5. The Hall–Kier alpha value is -4.89. The zero-order valence-electron chi connectivity index (χ0n) is 25.2. The highest BCUT2D eigenvalue weighted by atomic mass is 19.1. The first kappa shape index (κ1) is 33.5. The highest BCUT2D eigenvalue weighted by Crippen LogP contribution is 2.32. The van der Waals surface area contributed by atoms with Crippen molar-refractivity contribution in [3.63, 3.8) is 0 Å². The number of nitrogens with two attached hydrogens (primary N) is 1. The number of halogens is 3. The Labute approximate surface area is 268 Å². The minimum Gasteiger partial charge on any atom is -0.448 e. The van der Waals surface area contributed by atoms with Gasteiger partial charge in [-0.25, -0.2) is 22.8 Å². The van der Waals surface area contributed by atoms with E-state index in [0.29, 0.717) is 30.6 Å². The molecule has 0 spiro atoms. The summed E-state index contributed by atoms with van der Waals surface area (Å²) in [6, 6.07) is 9.63. The van der Waals surface area contributed by atoms with E-state index < -0.39 is 53.6 Å². The lowest BCUT2D eigenvalue weighted by molar-refractivity contribution is -0.119. The molecular formula is C32H35F3N6O6. The van der Waals surface area contributed by atoms with Crippen LogP contribution >= 0.6 is 0 Å². The molecule has 2 fully saturated rings. The Balaban J connectivity index is 1.19. The first-order chi connectivity index (χ1) is 22.7. The summed E-state index contributed by atoms with van der Waals surface area (Å²) >= 11 is 0. The molecule has 5 rings (SSSR count). The van der Waals surface area contributed by atoms with Crippen LogP contribution in [0.2, 0.25) is 0 Å². The highest BCUT2D eigenvalue weighted by molar-refractivity contribution is 5.85. The molecule has 3 amide bonds. The van der Waals surface area contributed by atoms with Gasteiger partial charge in [-0.2, -0.15) is 0 Å². The number of alkyl carbamates (subject to hydrolysis) is 2. The molecule has 6 N–H and O–H groups in total. The van der Waals surface area contributed by atoms with Gasteiger partial charge in [0.1, 0.15) is 36.2 Å². The predicted molar refractivity (Wildman–Crippen MR) is 163 cm³/mol.